The van der Waals surface area contributed by atoms with Gasteiger partial charge in [0.05, 0.1) is 35.7 Å². The van der Waals surface area contributed by atoms with Crippen LogP contribution < -0.4 is 10.1 Å². The van der Waals surface area contributed by atoms with Gasteiger partial charge >= 0.3 is 0 Å². The number of nitrogens with one attached hydrogen (secondary N) is 2. The summed E-state index contributed by atoms with van der Waals surface area (Å²) in [5.41, 5.74) is 4.78. The minimum absolute atomic E-state index is 0.0175. The second-order valence-electron chi connectivity index (χ2n) is 8.58. The molecule has 0 bridgehead atoms. The molecule has 4 aromatic rings. The highest BCUT2D eigenvalue weighted by atomic mass is 35.5. The van der Waals surface area contributed by atoms with Crippen molar-refractivity contribution in [2.75, 3.05) is 38.7 Å². The number of pyridine rings is 1. The van der Waals surface area contributed by atoms with Crippen LogP contribution in [0.2, 0.25) is 5.02 Å². The molecule has 1 saturated heterocycles. The lowest BCUT2D eigenvalue weighted by Crippen LogP contribution is -2.35. The number of H-pyrrole nitrogens is 1. The van der Waals surface area contributed by atoms with E-state index in [4.69, 9.17) is 21.1 Å². The third-order valence-electron chi connectivity index (χ3n) is 6.03. The first-order valence-corrected chi connectivity index (χ1v) is 13.3. The summed E-state index contributed by atoms with van der Waals surface area (Å²) in [5, 5.41) is 11.1. The number of fused-ring (bicyclic) bond motifs is 1. The van der Waals surface area contributed by atoms with E-state index in [-0.39, 0.29) is 22.9 Å². The fourth-order valence-corrected chi connectivity index (χ4v) is 4.04. The number of benzene rings is 2. The van der Waals surface area contributed by atoms with Crippen molar-refractivity contribution in [3.63, 3.8) is 0 Å². The monoisotopic (exact) mass is 555 g/mol. The molecule has 0 unspecified atom stereocenters. The molecule has 10 heteroatoms. The summed E-state index contributed by atoms with van der Waals surface area (Å²) < 4.78 is 24.9. The number of aldehydes is 1. The Kier molecular flexibility index (Phi) is 11.7. The first-order valence-electron chi connectivity index (χ1n) is 12.9. The van der Waals surface area contributed by atoms with Crippen molar-refractivity contribution in [3.8, 4) is 5.75 Å². The van der Waals surface area contributed by atoms with Crippen LogP contribution in [0.4, 0.5) is 10.1 Å². The van der Waals surface area contributed by atoms with E-state index in [1.807, 2.05) is 58.2 Å². The molecular weight excluding hydrogens is 521 g/mol. The van der Waals surface area contributed by atoms with Gasteiger partial charge < -0.3 is 14.8 Å². The minimum Gasteiger partial charge on any atom is -0.486 e. The second-order valence-corrected chi connectivity index (χ2v) is 8.99. The molecule has 0 saturated carbocycles. The Morgan fingerprint density at radius 3 is 2.51 bits per heavy atom. The average molecular weight is 556 g/mol. The molecule has 1 aliphatic rings. The number of carbonyl (C=O) groups excluding carboxylic acids is 1. The molecule has 0 atom stereocenters. The molecule has 0 aliphatic carbocycles. The number of aryl methyl sites for hydroxylation is 1. The Bertz CT molecular complexity index is 1340. The van der Waals surface area contributed by atoms with Gasteiger partial charge in [0.2, 0.25) is 0 Å². The highest BCUT2D eigenvalue weighted by Crippen LogP contribution is 2.26. The number of hydrogen-bond acceptors (Lipinski definition) is 7. The van der Waals surface area contributed by atoms with Crippen molar-refractivity contribution in [2.24, 2.45) is 0 Å². The van der Waals surface area contributed by atoms with Crippen LogP contribution in [-0.4, -0.2) is 59.7 Å². The van der Waals surface area contributed by atoms with E-state index in [2.05, 4.69) is 25.4 Å². The van der Waals surface area contributed by atoms with Crippen LogP contribution in [0.5, 0.6) is 5.75 Å². The first-order chi connectivity index (χ1) is 19.0. The average Bonchev–Trinajstić information content (AvgIpc) is 3.35. The number of hydrogen-bond donors (Lipinski definition) is 2. The minimum atomic E-state index is -0.730. The van der Waals surface area contributed by atoms with E-state index >= 15 is 0 Å². The molecule has 0 spiro atoms. The van der Waals surface area contributed by atoms with E-state index in [9.17, 15) is 9.18 Å². The number of nitrogens with zero attached hydrogens (tertiary/aromatic N) is 3. The summed E-state index contributed by atoms with van der Waals surface area (Å²) >= 11 is 5.78. The Balaban J connectivity index is 0.000000250. The lowest BCUT2D eigenvalue weighted by molar-refractivity contribution is 0.0342. The largest absolute Gasteiger partial charge is 0.486 e. The number of anilines is 1. The fraction of sp³-hybridized carbons (Fsp3) is 0.345. The topological polar surface area (TPSA) is 92.4 Å². The van der Waals surface area contributed by atoms with Crippen molar-refractivity contribution < 1.29 is 18.7 Å². The van der Waals surface area contributed by atoms with Crippen molar-refractivity contribution in [1.82, 2.24) is 20.1 Å². The number of aromatic amines is 1. The van der Waals surface area contributed by atoms with Crippen LogP contribution in [0, 0.1) is 12.7 Å². The number of halogens is 2. The lowest BCUT2D eigenvalue weighted by atomic mass is 10.1. The Morgan fingerprint density at radius 2 is 1.85 bits per heavy atom. The van der Waals surface area contributed by atoms with E-state index in [0.717, 1.165) is 60.8 Å². The molecule has 39 heavy (non-hydrogen) atoms. The predicted octanol–water partition coefficient (Wildman–Crippen LogP) is 6.04. The molecular formula is C29H35ClFN5O3. The van der Waals surface area contributed by atoms with Gasteiger partial charge in [-0.2, -0.15) is 5.10 Å². The number of aromatic nitrogens is 3. The summed E-state index contributed by atoms with van der Waals surface area (Å²) in [6.45, 7) is 10.5. The van der Waals surface area contributed by atoms with Crippen LogP contribution in [0.15, 0.2) is 48.7 Å². The molecule has 0 amide bonds. The number of ether oxygens (including phenoxy) is 2. The van der Waals surface area contributed by atoms with Gasteiger partial charge in [-0.3, -0.25) is 14.8 Å². The van der Waals surface area contributed by atoms with Crippen molar-refractivity contribution in [1.29, 1.82) is 0 Å². The van der Waals surface area contributed by atoms with Gasteiger partial charge in [0, 0.05) is 37.8 Å². The summed E-state index contributed by atoms with van der Waals surface area (Å²) in [7, 11) is 1.87. The summed E-state index contributed by atoms with van der Waals surface area (Å²) in [5.74, 6) is -0.713. The summed E-state index contributed by atoms with van der Waals surface area (Å²) in [6, 6.07) is 12.9. The van der Waals surface area contributed by atoms with Crippen molar-refractivity contribution >= 4 is 34.6 Å². The predicted molar refractivity (Wildman–Crippen MR) is 153 cm³/mol. The van der Waals surface area contributed by atoms with Crippen LogP contribution in [0.1, 0.15) is 41.0 Å². The maximum atomic E-state index is 14.1. The molecule has 5 rings (SSSR count). The van der Waals surface area contributed by atoms with Gasteiger partial charge in [-0.15, -0.1) is 0 Å². The van der Waals surface area contributed by atoms with Crippen LogP contribution in [-0.2, 0) is 17.9 Å². The molecule has 1 fully saturated rings. The quantitative estimate of drug-likeness (QED) is 0.269. The SMILES string of the molecule is CC.CNc1cnc2n[nH]c(C)c2c1.O=Cc1c(Cl)ccc(OCc2ccc(CN3CCOCC3)cc2)c1F. The second kappa shape index (κ2) is 15.2. The molecule has 2 aromatic heterocycles. The summed E-state index contributed by atoms with van der Waals surface area (Å²) in [4.78, 5) is 17.4. The smallest absolute Gasteiger partial charge is 0.181 e. The van der Waals surface area contributed by atoms with Crippen LogP contribution in [0.25, 0.3) is 11.0 Å². The molecule has 1 aliphatic heterocycles. The third kappa shape index (κ3) is 8.23. The number of morpholine rings is 1. The van der Waals surface area contributed by atoms with E-state index in [0.29, 0.717) is 6.29 Å². The Labute approximate surface area is 233 Å². The summed E-state index contributed by atoms with van der Waals surface area (Å²) in [6.07, 6.45) is 2.16. The maximum Gasteiger partial charge on any atom is 0.181 e. The molecule has 2 N–H and O–H groups in total. The number of rotatable bonds is 7. The maximum absolute atomic E-state index is 14.1. The number of carbonyl (C=O) groups is 1. The normalized spacial score (nSPS) is 13.1. The zero-order valence-electron chi connectivity index (χ0n) is 22.8. The van der Waals surface area contributed by atoms with Crippen molar-refractivity contribution in [2.45, 2.75) is 33.9 Å². The highest BCUT2D eigenvalue weighted by Gasteiger charge is 2.13. The lowest BCUT2D eigenvalue weighted by Gasteiger charge is -2.26. The molecule has 3 heterocycles. The molecule has 8 nitrogen and oxygen atoms in total. The van der Waals surface area contributed by atoms with Crippen molar-refractivity contribution in [3.05, 3.63) is 81.9 Å². The van der Waals surface area contributed by atoms with Gasteiger partial charge in [-0.25, -0.2) is 9.37 Å². The van der Waals surface area contributed by atoms with E-state index in [1.165, 1.54) is 17.7 Å². The standard InChI is InChI=1S/C19H19ClFNO3.C8H10N4.C2H6/c20-17-5-6-18(19(21)16(17)12-23)25-13-15-3-1-14(2-4-15)11-22-7-9-24-10-8-22;1-5-7-3-6(9-2)4-10-8(7)12-11-5;1-2/h1-6,12H,7-11,13H2;3-4,9H,1-2H3,(H,10,11,12);1-2H3. The van der Waals surface area contributed by atoms with Gasteiger partial charge in [0.15, 0.2) is 23.5 Å². The van der Waals surface area contributed by atoms with Gasteiger partial charge in [0.1, 0.15) is 6.61 Å². The third-order valence-corrected chi connectivity index (χ3v) is 6.35. The van der Waals surface area contributed by atoms with Gasteiger partial charge in [0.25, 0.3) is 0 Å². The first kappa shape index (κ1) is 30.0. The molecule has 2 aromatic carbocycles. The Morgan fingerprint density at radius 1 is 1.15 bits per heavy atom. The van der Waals surface area contributed by atoms with Crippen LogP contribution >= 0.6 is 11.6 Å². The van der Waals surface area contributed by atoms with E-state index < -0.39 is 5.82 Å². The van der Waals surface area contributed by atoms with Gasteiger partial charge in [-0.05, 0) is 36.2 Å². The zero-order chi connectivity index (χ0) is 28.2. The fourth-order valence-electron chi connectivity index (χ4n) is 3.84. The molecule has 0 radical (unpaired) electrons. The Hall–Kier alpha value is -3.53. The van der Waals surface area contributed by atoms with Gasteiger partial charge in [-0.1, -0.05) is 49.7 Å². The van der Waals surface area contributed by atoms with Crippen LogP contribution in [0.3, 0.4) is 0 Å². The van der Waals surface area contributed by atoms with E-state index in [1.54, 1.807) is 6.20 Å². The zero-order valence-corrected chi connectivity index (χ0v) is 23.5. The highest BCUT2D eigenvalue weighted by molar-refractivity contribution is 6.33. The molecule has 208 valence electrons.